The lowest BCUT2D eigenvalue weighted by atomic mass is 10.2. The molecule has 0 bridgehead atoms. The topological polar surface area (TPSA) is 72.5 Å². The van der Waals surface area contributed by atoms with E-state index in [1.165, 1.54) is 0 Å². The van der Waals surface area contributed by atoms with E-state index in [1.807, 2.05) is 6.07 Å². The summed E-state index contributed by atoms with van der Waals surface area (Å²) in [5.41, 5.74) is 7.91. The molecule has 4 nitrogen and oxygen atoms in total. The molecule has 0 N–H and O–H groups in total. The van der Waals surface area contributed by atoms with Gasteiger partial charge in [-0.1, -0.05) is 12.0 Å². The van der Waals surface area contributed by atoms with Gasteiger partial charge >= 0.3 is 0 Å². The minimum Gasteiger partial charge on any atom is -0.198 e. The van der Waals surface area contributed by atoms with Gasteiger partial charge in [-0.15, -0.1) is 0 Å². The van der Waals surface area contributed by atoms with E-state index in [0.717, 1.165) is 0 Å². The predicted molar refractivity (Wildman–Crippen MR) is 33.5 cm³/mol. The Bertz CT molecular complexity index is 151. The monoisotopic (exact) mass is 124 g/mol. The molecule has 0 spiro atoms. The highest BCUT2D eigenvalue weighted by atomic mass is 15.1. The van der Waals surface area contributed by atoms with Gasteiger partial charge in [0.15, 0.2) is 0 Å². The normalized spacial score (nSPS) is 11.1. The third-order valence-corrected chi connectivity index (χ3v) is 0.923. The van der Waals surface area contributed by atoms with Gasteiger partial charge in [-0.2, -0.15) is 5.26 Å². The average molecular weight is 124 g/mol. The highest BCUT2D eigenvalue weighted by Crippen LogP contribution is 1.98. The molecule has 0 saturated carbocycles. The van der Waals surface area contributed by atoms with Gasteiger partial charge in [-0.05, 0) is 12.0 Å². The first kappa shape index (κ1) is 7.80. The fourth-order valence-electron chi connectivity index (χ4n) is 0.419. The molecule has 48 valence electrons. The van der Waals surface area contributed by atoms with E-state index in [9.17, 15) is 0 Å². The predicted octanol–water partition coefficient (Wildman–Crippen LogP) is 1.99. The van der Waals surface area contributed by atoms with Crippen molar-refractivity contribution in [3.8, 4) is 6.07 Å². The van der Waals surface area contributed by atoms with Crippen molar-refractivity contribution >= 4 is 0 Å². The molecular weight excluding hydrogens is 116 g/mol. The summed E-state index contributed by atoms with van der Waals surface area (Å²) >= 11 is 0. The number of hydrogen-bond donors (Lipinski definition) is 0. The fourth-order valence-corrected chi connectivity index (χ4v) is 0.419. The van der Waals surface area contributed by atoms with Crippen molar-refractivity contribution in [3.05, 3.63) is 10.4 Å². The Kier molecular flexibility index (Phi) is 4.29. The quantitative estimate of drug-likeness (QED) is 0.322. The molecule has 0 aliphatic rings. The molecule has 0 fully saturated rings. The van der Waals surface area contributed by atoms with Crippen LogP contribution in [0.5, 0.6) is 0 Å². The molecule has 0 aromatic carbocycles. The van der Waals surface area contributed by atoms with Crippen molar-refractivity contribution in [2.45, 2.75) is 25.8 Å². The van der Waals surface area contributed by atoms with Crippen LogP contribution in [0.4, 0.5) is 0 Å². The highest BCUT2D eigenvalue weighted by Gasteiger charge is 1.94. The largest absolute Gasteiger partial charge is 0.198 e. The summed E-state index contributed by atoms with van der Waals surface area (Å²) < 4.78 is 0. The van der Waals surface area contributed by atoms with Crippen molar-refractivity contribution in [3.63, 3.8) is 0 Å². The first-order chi connectivity index (χ1) is 4.31. The summed E-state index contributed by atoms with van der Waals surface area (Å²) in [7, 11) is 0. The summed E-state index contributed by atoms with van der Waals surface area (Å²) in [6.07, 6.45) is 1.11. The molecule has 1 atom stereocenters. The van der Waals surface area contributed by atoms with Crippen molar-refractivity contribution in [2.75, 3.05) is 0 Å². The van der Waals surface area contributed by atoms with E-state index in [4.69, 9.17) is 10.8 Å². The summed E-state index contributed by atoms with van der Waals surface area (Å²) in [5, 5.41) is 11.5. The molecule has 1 unspecified atom stereocenters. The lowest BCUT2D eigenvalue weighted by Crippen LogP contribution is -1.93. The lowest BCUT2D eigenvalue weighted by molar-refractivity contribution is 0.675. The molecule has 0 rings (SSSR count). The standard InChI is InChI=1S/C5H8N4/c1-5(8-9-7)3-2-4-6/h5H,2-3H2,1H3. The zero-order valence-corrected chi connectivity index (χ0v) is 5.28. The maximum Gasteiger partial charge on any atom is 0.0621 e. The van der Waals surface area contributed by atoms with Crippen LogP contribution in [-0.2, 0) is 0 Å². The summed E-state index contributed by atoms with van der Waals surface area (Å²) in [4.78, 5) is 2.60. The molecule has 0 aliphatic carbocycles. The van der Waals surface area contributed by atoms with Crippen LogP contribution >= 0.6 is 0 Å². The van der Waals surface area contributed by atoms with Crippen LogP contribution in [0.15, 0.2) is 5.11 Å². The van der Waals surface area contributed by atoms with Crippen LogP contribution in [0.1, 0.15) is 19.8 Å². The molecule has 4 heteroatoms. The third kappa shape index (κ3) is 4.66. The van der Waals surface area contributed by atoms with E-state index in [-0.39, 0.29) is 6.04 Å². The number of azide groups is 1. The first-order valence-electron chi connectivity index (χ1n) is 2.72. The third-order valence-electron chi connectivity index (χ3n) is 0.923. The Labute approximate surface area is 53.7 Å². The summed E-state index contributed by atoms with van der Waals surface area (Å²) in [6, 6.07) is 1.93. The van der Waals surface area contributed by atoms with Crippen LogP contribution in [0.3, 0.4) is 0 Å². The minimum absolute atomic E-state index is 0.0466. The van der Waals surface area contributed by atoms with Crippen molar-refractivity contribution in [1.82, 2.24) is 0 Å². The summed E-state index contributed by atoms with van der Waals surface area (Å²) in [6.45, 7) is 1.79. The van der Waals surface area contributed by atoms with Crippen molar-refractivity contribution < 1.29 is 0 Å². The summed E-state index contributed by atoms with van der Waals surface area (Å²) in [5.74, 6) is 0. The van der Waals surface area contributed by atoms with Crippen molar-refractivity contribution in [1.29, 1.82) is 5.26 Å². The van der Waals surface area contributed by atoms with E-state index in [2.05, 4.69) is 10.0 Å². The zero-order chi connectivity index (χ0) is 7.11. The van der Waals surface area contributed by atoms with Crippen LogP contribution in [0.25, 0.3) is 10.4 Å². The minimum atomic E-state index is -0.0466. The molecule has 0 amide bonds. The van der Waals surface area contributed by atoms with Gasteiger partial charge in [0.05, 0.1) is 6.07 Å². The van der Waals surface area contributed by atoms with Gasteiger partial charge in [-0.3, -0.25) is 0 Å². The smallest absolute Gasteiger partial charge is 0.0621 e. The Hall–Kier alpha value is -1.20. The molecule has 0 saturated heterocycles. The Balaban J connectivity index is 3.40. The van der Waals surface area contributed by atoms with Crippen LogP contribution in [0.2, 0.25) is 0 Å². The second kappa shape index (κ2) is 4.95. The van der Waals surface area contributed by atoms with E-state index < -0.39 is 0 Å². The Morgan fingerprint density at radius 2 is 2.56 bits per heavy atom. The maximum atomic E-state index is 8.10. The van der Waals surface area contributed by atoms with Gasteiger partial charge in [0.1, 0.15) is 0 Å². The van der Waals surface area contributed by atoms with Gasteiger partial charge in [0, 0.05) is 17.4 Å². The van der Waals surface area contributed by atoms with E-state index in [1.54, 1.807) is 6.92 Å². The molecule has 9 heavy (non-hydrogen) atoms. The average Bonchev–Trinajstić information content (AvgIpc) is 1.85. The van der Waals surface area contributed by atoms with Gasteiger partial charge < -0.3 is 0 Å². The lowest BCUT2D eigenvalue weighted by Gasteiger charge is -1.95. The van der Waals surface area contributed by atoms with Gasteiger partial charge in [0.25, 0.3) is 0 Å². The molecule has 0 radical (unpaired) electrons. The van der Waals surface area contributed by atoms with Gasteiger partial charge in [0.2, 0.25) is 0 Å². The van der Waals surface area contributed by atoms with Crippen LogP contribution in [-0.4, -0.2) is 6.04 Å². The fraction of sp³-hybridized carbons (Fsp3) is 0.800. The Morgan fingerprint density at radius 3 is 3.00 bits per heavy atom. The second-order valence-electron chi connectivity index (χ2n) is 1.75. The van der Waals surface area contributed by atoms with Crippen LogP contribution in [0, 0.1) is 11.3 Å². The molecule has 0 aromatic rings. The van der Waals surface area contributed by atoms with E-state index >= 15 is 0 Å². The Morgan fingerprint density at radius 1 is 1.89 bits per heavy atom. The van der Waals surface area contributed by atoms with E-state index in [0.29, 0.717) is 12.8 Å². The molecule has 0 aliphatic heterocycles. The molecule has 0 heterocycles. The van der Waals surface area contributed by atoms with Crippen molar-refractivity contribution in [2.24, 2.45) is 5.11 Å². The number of hydrogen-bond acceptors (Lipinski definition) is 2. The highest BCUT2D eigenvalue weighted by molar-refractivity contribution is 4.73. The maximum absolute atomic E-state index is 8.10. The van der Waals surface area contributed by atoms with Crippen LogP contribution < -0.4 is 0 Å². The zero-order valence-electron chi connectivity index (χ0n) is 5.28. The first-order valence-corrected chi connectivity index (χ1v) is 2.72. The second-order valence-corrected chi connectivity index (χ2v) is 1.75. The molecular formula is C5H8N4. The van der Waals surface area contributed by atoms with Gasteiger partial charge in [-0.25, -0.2) is 0 Å². The number of nitrogens with zero attached hydrogens (tertiary/aromatic N) is 4. The number of nitriles is 1. The SMILES string of the molecule is CC(CCC#N)N=[N+]=[N-]. The molecule has 0 aromatic heterocycles. The number of rotatable bonds is 3.